The lowest BCUT2D eigenvalue weighted by Crippen LogP contribution is -2.10. The molecule has 0 amide bonds. The summed E-state index contributed by atoms with van der Waals surface area (Å²) in [4.78, 5) is 19.6. The van der Waals surface area contributed by atoms with Crippen molar-refractivity contribution in [3.05, 3.63) is 0 Å². The molecule has 0 aliphatic carbocycles. The summed E-state index contributed by atoms with van der Waals surface area (Å²) in [6, 6.07) is 0. The van der Waals surface area contributed by atoms with Gasteiger partial charge in [-0.1, -0.05) is 0 Å². The smallest absolute Gasteiger partial charge is 0.250 e. The summed E-state index contributed by atoms with van der Waals surface area (Å²) in [6.07, 6.45) is 1.31. The molecule has 0 aromatic heterocycles. The summed E-state index contributed by atoms with van der Waals surface area (Å²) in [7, 11) is -7.74. The Morgan fingerprint density at radius 3 is 0.857 bits per heavy atom. The van der Waals surface area contributed by atoms with Crippen LogP contribution in [0.1, 0.15) is 13.8 Å². The molecule has 0 aromatic rings. The van der Waals surface area contributed by atoms with Crippen molar-refractivity contribution in [3.63, 3.8) is 0 Å². The van der Waals surface area contributed by atoms with Crippen molar-refractivity contribution >= 4 is 29.3 Å². The number of carbonyl (C=O) groups is 2. The lowest BCUT2D eigenvalue weighted by atomic mass is 10.3. The highest BCUT2D eigenvalue weighted by Gasteiger charge is 2.15. The van der Waals surface area contributed by atoms with Crippen molar-refractivity contribution in [1.82, 2.24) is 0 Å². The highest BCUT2D eigenvalue weighted by molar-refractivity contribution is 8.66. The molecular weight excluding hydrogens is 232 g/mol. The van der Waals surface area contributed by atoms with E-state index in [1.807, 2.05) is 0 Å². The molecule has 0 heterocycles. The molecular formula is C6H12O6S2. The van der Waals surface area contributed by atoms with Crippen LogP contribution in [0.25, 0.3) is 0 Å². The van der Waals surface area contributed by atoms with Crippen LogP contribution in [0, 0.1) is 0 Å². The fourth-order valence-electron chi connectivity index (χ4n) is 0. The van der Waals surface area contributed by atoms with Gasteiger partial charge in [0, 0.05) is 13.8 Å². The van der Waals surface area contributed by atoms with Gasteiger partial charge in [-0.2, -0.15) is 0 Å². The number of carbonyl (C=O) groups excluding carboxylic acids is 2. The molecule has 0 saturated carbocycles. The SMILES string of the molecule is CC(=O)C(C)=O.CS(=O)(=O)S(C)(=O)=O. The second kappa shape index (κ2) is 5.20. The fraction of sp³-hybridized carbons (Fsp3) is 0.667. The van der Waals surface area contributed by atoms with E-state index in [4.69, 9.17) is 0 Å². The van der Waals surface area contributed by atoms with Gasteiger partial charge in [0.1, 0.15) is 0 Å². The van der Waals surface area contributed by atoms with E-state index in [0.717, 1.165) is 0 Å². The zero-order valence-electron chi connectivity index (χ0n) is 8.27. The van der Waals surface area contributed by atoms with E-state index in [0.29, 0.717) is 12.5 Å². The second-order valence-corrected chi connectivity index (χ2v) is 8.97. The van der Waals surface area contributed by atoms with Crippen LogP contribution in [-0.4, -0.2) is 40.9 Å². The van der Waals surface area contributed by atoms with Crippen LogP contribution in [0.4, 0.5) is 0 Å². The van der Waals surface area contributed by atoms with Crippen molar-refractivity contribution < 1.29 is 26.4 Å². The van der Waals surface area contributed by atoms with Gasteiger partial charge < -0.3 is 0 Å². The summed E-state index contributed by atoms with van der Waals surface area (Å²) >= 11 is 0. The normalized spacial score (nSPS) is 11.1. The molecule has 0 N–H and O–H groups in total. The predicted octanol–water partition coefficient (Wildman–Crippen LogP) is -0.845. The Hall–Kier alpha value is -0.760. The highest BCUT2D eigenvalue weighted by Crippen LogP contribution is 1.92. The van der Waals surface area contributed by atoms with E-state index in [1.165, 1.54) is 13.8 Å². The molecule has 0 bridgehead atoms. The van der Waals surface area contributed by atoms with E-state index < -0.39 is 17.7 Å². The minimum Gasteiger partial charge on any atom is -0.291 e. The first kappa shape index (κ1) is 15.7. The monoisotopic (exact) mass is 244 g/mol. The lowest BCUT2D eigenvalue weighted by Gasteiger charge is -1.87. The standard InChI is InChI=1S/C4H6O2.C2H6O4S2/c1-3(5)4(2)6;1-7(3,4)8(2,5)6/h1-2H3;1-2H3. The topological polar surface area (TPSA) is 102 Å². The third kappa shape index (κ3) is 7.87. The van der Waals surface area contributed by atoms with Gasteiger partial charge in [0.2, 0.25) is 17.7 Å². The molecule has 0 atom stereocenters. The Morgan fingerprint density at radius 2 is 0.857 bits per heavy atom. The quantitative estimate of drug-likeness (QED) is 0.463. The van der Waals surface area contributed by atoms with Crippen molar-refractivity contribution in [3.8, 4) is 0 Å². The van der Waals surface area contributed by atoms with E-state index in [1.54, 1.807) is 0 Å². The maximum Gasteiger partial charge on any atom is 0.250 e. The molecule has 0 radical (unpaired) electrons. The van der Waals surface area contributed by atoms with Crippen LogP contribution in [-0.2, 0) is 27.3 Å². The van der Waals surface area contributed by atoms with Gasteiger partial charge >= 0.3 is 0 Å². The first-order valence-electron chi connectivity index (χ1n) is 3.31. The minimum atomic E-state index is -3.87. The van der Waals surface area contributed by atoms with Gasteiger partial charge in [0.05, 0.1) is 12.5 Å². The molecule has 0 aliphatic heterocycles. The predicted molar refractivity (Wildman–Crippen MR) is 51.0 cm³/mol. The fourth-order valence-corrected chi connectivity index (χ4v) is 0. The Balaban J connectivity index is 0. The van der Waals surface area contributed by atoms with Gasteiger partial charge in [0.25, 0.3) is 0 Å². The van der Waals surface area contributed by atoms with Gasteiger partial charge in [0.15, 0.2) is 11.6 Å². The average Bonchev–Trinajstić information content (AvgIpc) is 1.83. The zero-order valence-corrected chi connectivity index (χ0v) is 9.90. The van der Waals surface area contributed by atoms with Crippen molar-refractivity contribution in [2.24, 2.45) is 0 Å². The first-order chi connectivity index (χ1) is 5.89. The molecule has 8 heteroatoms. The van der Waals surface area contributed by atoms with Gasteiger partial charge in [-0.25, -0.2) is 16.8 Å². The Labute approximate surface area is 82.5 Å². The number of hydrogen-bond donors (Lipinski definition) is 0. The van der Waals surface area contributed by atoms with Crippen LogP contribution in [0.2, 0.25) is 0 Å². The second-order valence-electron chi connectivity index (χ2n) is 2.52. The lowest BCUT2D eigenvalue weighted by molar-refractivity contribution is -0.134. The molecule has 0 rings (SSSR count). The third-order valence-corrected chi connectivity index (χ3v) is 5.45. The van der Waals surface area contributed by atoms with E-state index in [-0.39, 0.29) is 11.6 Å². The molecule has 0 aromatic carbocycles. The van der Waals surface area contributed by atoms with Crippen molar-refractivity contribution in [2.75, 3.05) is 12.5 Å². The summed E-state index contributed by atoms with van der Waals surface area (Å²) in [5, 5.41) is 0. The van der Waals surface area contributed by atoms with Crippen LogP contribution in [0.3, 0.4) is 0 Å². The van der Waals surface area contributed by atoms with Gasteiger partial charge in [-0.15, -0.1) is 0 Å². The molecule has 0 fully saturated rings. The van der Waals surface area contributed by atoms with Gasteiger partial charge in [-0.05, 0) is 0 Å². The van der Waals surface area contributed by atoms with Crippen LogP contribution in [0.5, 0.6) is 0 Å². The molecule has 0 unspecified atom stereocenters. The molecule has 0 aliphatic rings. The maximum atomic E-state index is 10.1. The number of hydrogen-bond acceptors (Lipinski definition) is 6. The van der Waals surface area contributed by atoms with Crippen LogP contribution < -0.4 is 0 Å². The average molecular weight is 244 g/mol. The third-order valence-electron chi connectivity index (χ3n) is 1.05. The zero-order chi connectivity index (χ0) is 12.2. The van der Waals surface area contributed by atoms with E-state index in [9.17, 15) is 26.4 Å². The number of rotatable bonds is 2. The summed E-state index contributed by atoms with van der Waals surface area (Å²) < 4.78 is 40.3. The van der Waals surface area contributed by atoms with Crippen LogP contribution in [0.15, 0.2) is 0 Å². The molecule has 0 saturated heterocycles. The number of ketones is 2. The Bertz CT molecular complexity index is 371. The molecule has 84 valence electrons. The van der Waals surface area contributed by atoms with E-state index in [2.05, 4.69) is 0 Å². The van der Waals surface area contributed by atoms with Crippen LogP contribution >= 0.6 is 0 Å². The maximum absolute atomic E-state index is 10.1. The van der Waals surface area contributed by atoms with Crippen molar-refractivity contribution in [2.45, 2.75) is 13.8 Å². The van der Waals surface area contributed by atoms with E-state index >= 15 is 0 Å². The Kier molecular flexibility index (Phi) is 5.83. The molecule has 14 heavy (non-hydrogen) atoms. The Morgan fingerprint density at radius 1 is 0.714 bits per heavy atom. The number of Topliss-reactive ketones (excluding diaryl/α,β-unsaturated/α-hetero) is 2. The summed E-state index contributed by atoms with van der Waals surface area (Å²) in [5.74, 6) is -0.759. The van der Waals surface area contributed by atoms with Gasteiger partial charge in [-0.3, -0.25) is 9.59 Å². The highest BCUT2D eigenvalue weighted by atomic mass is 33.2. The molecule has 6 nitrogen and oxygen atoms in total. The summed E-state index contributed by atoms with van der Waals surface area (Å²) in [6.45, 7) is 2.50. The minimum absolute atomic E-state index is 0.380. The van der Waals surface area contributed by atoms with Crippen molar-refractivity contribution in [1.29, 1.82) is 0 Å². The molecule has 0 spiro atoms. The summed E-state index contributed by atoms with van der Waals surface area (Å²) in [5.41, 5.74) is 0. The largest absolute Gasteiger partial charge is 0.291 e. The first-order valence-corrected chi connectivity index (χ1v) is 7.61.